The van der Waals surface area contributed by atoms with Gasteiger partial charge in [-0.25, -0.2) is 4.79 Å². The minimum Gasteiger partial charge on any atom is -0.351 e. The van der Waals surface area contributed by atoms with Gasteiger partial charge in [-0.1, -0.05) is 17.7 Å². The van der Waals surface area contributed by atoms with Gasteiger partial charge in [-0.05, 0) is 25.5 Å². The second kappa shape index (κ2) is 5.55. The van der Waals surface area contributed by atoms with Gasteiger partial charge in [0, 0.05) is 4.90 Å². The van der Waals surface area contributed by atoms with Crippen LogP contribution in [0.1, 0.15) is 11.1 Å². The number of carbonyl (C=O) groups is 2. The van der Waals surface area contributed by atoms with E-state index in [1.807, 2.05) is 37.4 Å². The van der Waals surface area contributed by atoms with E-state index in [0.29, 0.717) is 0 Å². The quantitative estimate of drug-likeness (QED) is 0.785. The number of primary amides is 1. The highest BCUT2D eigenvalue weighted by Gasteiger charge is 2.06. The summed E-state index contributed by atoms with van der Waals surface area (Å²) in [6.07, 6.45) is 0. The van der Waals surface area contributed by atoms with Gasteiger partial charge < -0.3 is 5.73 Å². The molecule has 3 N–H and O–H groups in total. The lowest BCUT2D eigenvalue weighted by Gasteiger charge is -2.05. The van der Waals surface area contributed by atoms with Gasteiger partial charge >= 0.3 is 6.03 Å². The van der Waals surface area contributed by atoms with Crippen molar-refractivity contribution in [1.29, 1.82) is 0 Å². The minimum atomic E-state index is -0.814. The van der Waals surface area contributed by atoms with Crippen LogP contribution in [-0.4, -0.2) is 17.7 Å². The Labute approximate surface area is 98.6 Å². The summed E-state index contributed by atoms with van der Waals surface area (Å²) >= 11 is 1.39. The number of imide groups is 1. The van der Waals surface area contributed by atoms with Crippen LogP contribution >= 0.6 is 11.8 Å². The van der Waals surface area contributed by atoms with Crippen LogP contribution in [-0.2, 0) is 4.79 Å². The summed E-state index contributed by atoms with van der Waals surface area (Å²) < 4.78 is 0. The molecule has 0 aliphatic heterocycles. The monoisotopic (exact) mass is 238 g/mol. The molecule has 0 aromatic heterocycles. The summed E-state index contributed by atoms with van der Waals surface area (Å²) in [7, 11) is 0. The molecule has 0 heterocycles. The van der Waals surface area contributed by atoms with Crippen LogP contribution in [0.5, 0.6) is 0 Å². The molecular formula is C11H14N2O2S. The minimum absolute atomic E-state index is 0.187. The van der Waals surface area contributed by atoms with Gasteiger partial charge in [-0.3, -0.25) is 10.1 Å². The third-order valence-corrected chi connectivity index (χ3v) is 3.13. The molecule has 5 heteroatoms. The molecule has 0 bridgehead atoms. The van der Waals surface area contributed by atoms with Crippen LogP contribution in [0, 0.1) is 13.8 Å². The standard InChI is InChI=1S/C11H14N2O2S/c1-7-3-4-9(8(2)5-7)16-6-10(14)13-11(12)15/h3-5H,6H2,1-2H3,(H3,12,13,14,15). The summed E-state index contributed by atoms with van der Waals surface area (Å²) in [6.45, 7) is 4.00. The second-order valence-electron chi connectivity index (χ2n) is 3.47. The van der Waals surface area contributed by atoms with Crippen molar-refractivity contribution < 1.29 is 9.59 Å². The van der Waals surface area contributed by atoms with Crippen molar-refractivity contribution in [2.75, 3.05) is 5.75 Å². The zero-order valence-electron chi connectivity index (χ0n) is 9.24. The molecule has 16 heavy (non-hydrogen) atoms. The molecule has 3 amide bonds. The third kappa shape index (κ3) is 3.94. The Morgan fingerprint density at radius 1 is 1.38 bits per heavy atom. The van der Waals surface area contributed by atoms with Gasteiger partial charge in [0.2, 0.25) is 5.91 Å². The smallest absolute Gasteiger partial charge is 0.318 e. The van der Waals surface area contributed by atoms with Gasteiger partial charge in [0.05, 0.1) is 5.75 Å². The molecule has 0 saturated heterocycles. The summed E-state index contributed by atoms with van der Waals surface area (Å²) in [4.78, 5) is 22.6. The second-order valence-corrected chi connectivity index (χ2v) is 4.49. The number of aryl methyl sites for hydroxylation is 2. The highest BCUT2D eigenvalue weighted by Crippen LogP contribution is 2.22. The van der Waals surface area contributed by atoms with Crippen LogP contribution < -0.4 is 11.1 Å². The molecule has 0 aliphatic carbocycles. The van der Waals surface area contributed by atoms with Crippen molar-refractivity contribution in [1.82, 2.24) is 5.32 Å². The number of nitrogens with two attached hydrogens (primary N) is 1. The Bertz CT molecular complexity index is 418. The van der Waals surface area contributed by atoms with E-state index in [-0.39, 0.29) is 11.7 Å². The normalized spacial score (nSPS) is 9.88. The number of benzene rings is 1. The van der Waals surface area contributed by atoms with Crippen LogP contribution in [0.15, 0.2) is 23.1 Å². The molecule has 1 rings (SSSR count). The fourth-order valence-corrected chi connectivity index (χ4v) is 2.09. The molecule has 0 fully saturated rings. The number of thioether (sulfide) groups is 1. The average Bonchev–Trinajstić information content (AvgIpc) is 2.15. The van der Waals surface area contributed by atoms with Crippen molar-refractivity contribution in [2.45, 2.75) is 18.7 Å². The maximum absolute atomic E-state index is 11.2. The van der Waals surface area contributed by atoms with Crippen molar-refractivity contribution in [2.24, 2.45) is 5.73 Å². The van der Waals surface area contributed by atoms with E-state index in [1.165, 1.54) is 17.3 Å². The van der Waals surface area contributed by atoms with Crippen molar-refractivity contribution in [3.8, 4) is 0 Å². The molecule has 86 valence electrons. The van der Waals surface area contributed by atoms with E-state index in [4.69, 9.17) is 5.73 Å². The third-order valence-electron chi connectivity index (χ3n) is 1.95. The molecule has 0 atom stereocenters. The zero-order valence-corrected chi connectivity index (χ0v) is 10.1. The molecule has 0 aliphatic rings. The van der Waals surface area contributed by atoms with Crippen LogP contribution in [0.2, 0.25) is 0 Å². The lowest BCUT2D eigenvalue weighted by Crippen LogP contribution is -2.36. The maximum atomic E-state index is 11.2. The Morgan fingerprint density at radius 2 is 2.06 bits per heavy atom. The highest BCUT2D eigenvalue weighted by molar-refractivity contribution is 8.00. The first-order valence-corrected chi connectivity index (χ1v) is 5.77. The molecule has 0 radical (unpaired) electrons. The summed E-state index contributed by atoms with van der Waals surface area (Å²) in [5.41, 5.74) is 7.14. The largest absolute Gasteiger partial charge is 0.351 e. The van der Waals surface area contributed by atoms with E-state index in [2.05, 4.69) is 0 Å². The van der Waals surface area contributed by atoms with E-state index in [0.717, 1.165) is 10.5 Å². The number of hydrogen-bond donors (Lipinski definition) is 2. The molecule has 0 spiro atoms. The van der Waals surface area contributed by atoms with E-state index in [1.54, 1.807) is 0 Å². The lowest BCUT2D eigenvalue weighted by atomic mass is 10.2. The predicted octanol–water partition coefficient (Wildman–Crippen LogP) is 1.59. The molecular weight excluding hydrogens is 224 g/mol. The Kier molecular flexibility index (Phi) is 4.37. The first kappa shape index (κ1) is 12.6. The van der Waals surface area contributed by atoms with Crippen LogP contribution in [0.3, 0.4) is 0 Å². The maximum Gasteiger partial charge on any atom is 0.318 e. The van der Waals surface area contributed by atoms with Crippen LogP contribution in [0.25, 0.3) is 0 Å². The number of amides is 3. The van der Waals surface area contributed by atoms with Gasteiger partial charge in [0.15, 0.2) is 0 Å². The van der Waals surface area contributed by atoms with Crippen molar-refractivity contribution >= 4 is 23.7 Å². The Balaban J connectivity index is 2.54. The van der Waals surface area contributed by atoms with E-state index < -0.39 is 6.03 Å². The van der Waals surface area contributed by atoms with E-state index in [9.17, 15) is 9.59 Å². The number of carbonyl (C=O) groups excluding carboxylic acids is 2. The van der Waals surface area contributed by atoms with Crippen molar-refractivity contribution in [3.05, 3.63) is 29.3 Å². The summed E-state index contributed by atoms with van der Waals surface area (Å²) in [5.74, 6) is -0.190. The first-order valence-electron chi connectivity index (χ1n) is 4.78. The van der Waals surface area contributed by atoms with Crippen LogP contribution in [0.4, 0.5) is 4.79 Å². The highest BCUT2D eigenvalue weighted by atomic mass is 32.2. The van der Waals surface area contributed by atoms with E-state index >= 15 is 0 Å². The van der Waals surface area contributed by atoms with Gasteiger partial charge in [0.1, 0.15) is 0 Å². The van der Waals surface area contributed by atoms with Gasteiger partial charge in [-0.15, -0.1) is 11.8 Å². The van der Waals surface area contributed by atoms with Gasteiger partial charge in [-0.2, -0.15) is 0 Å². The van der Waals surface area contributed by atoms with Gasteiger partial charge in [0.25, 0.3) is 0 Å². The fraction of sp³-hybridized carbons (Fsp3) is 0.273. The molecule has 0 unspecified atom stereocenters. The first-order chi connectivity index (χ1) is 7.49. The number of rotatable bonds is 3. The molecule has 1 aromatic rings. The average molecular weight is 238 g/mol. The summed E-state index contributed by atoms with van der Waals surface area (Å²) in [5, 5.41) is 2.02. The fourth-order valence-electron chi connectivity index (χ4n) is 1.28. The Morgan fingerprint density at radius 3 is 2.62 bits per heavy atom. The molecule has 4 nitrogen and oxygen atoms in total. The lowest BCUT2D eigenvalue weighted by molar-refractivity contribution is -0.117. The van der Waals surface area contributed by atoms with Crippen molar-refractivity contribution in [3.63, 3.8) is 0 Å². The number of hydrogen-bond acceptors (Lipinski definition) is 3. The summed E-state index contributed by atoms with van der Waals surface area (Å²) in [6, 6.07) is 5.19. The number of urea groups is 1. The SMILES string of the molecule is Cc1ccc(SCC(=O)NC(N)=O)c(C)c1. The predicted molar refractivity (Wildman–Crippen MR) is 64.4 cm³/mol. The number of nitrogens with one attached hydrogen (secondary N) is 1. The molecule has 0 saturated carbocycles. The topological polar surface area (TPSA) is 72.2 Å². The Hall–Kier alpha value is -1.49. The zero-order chi connectivity index (χ0) is 12.1. The molecule has 1 aromatic carbocycles.